The third-order valence-electron chi connectivity index (χ3n) is 5.79. The second kappa shape index (κ2) is 10.7. The Labute approximate surface area is 179 Å². The maximum atomic E-state index is 14.3. The molecule has 0 radical (unpaired) electrons. The molecular weight excluding hydrogens is 382 g/mol. The van der Waals surface area contributed by atoms with Gasteiger partial charge in [-0.15, -0.1) is 0 Å². The van der Waals surface area contributed by atoms with Gasteiger partial charge in [-0.2, -0.15) is 0 Å². The molecule has 30 heavy (non-hydrogen) atoms. The highest BCUT2D eigenvalue weighted by Gasteiger charge is 2.16. The molecule has 1 amide bonds. The highest BCUT2D eigenvalue weighted by Crippen LogP contribution is 2.28. The Balaban J connectivity index is 2.00. The van der Waals surface area contributed by atoms with Crippen LogP contribution in [0.2, 0.25) is 0 Å². The lowest BCUT2D eigenvalue weighted by atomic mass is 9.89. The van der Waals surface area contributed by atoms with Crippen molar-refractivity contribution in [3.8, 4) is 0 Å². The van der Waals surface area contributed by atoms with Crippen LogP contribution in [0.15, 0.2) is 36.4 Å². The van der Waals surface area contributed by atoms with Gasteiger partial charge in [0.1, 0.15) is 11.6 Å². The quantitative estimate of drug-likeness (QED) is 0.520. The van der Waals surface area contributed by atoms with E-state index in [2.05, 4.69) is 31.0 Å². The summed E-state index contributed by atoms with van der Waals surface area (Å²) in [6, 6.07) is 10.0. The van der Waals surface area contributed by atoms with Gasteiger partial charge in [0.05, 0.1) is 0 Å². The largest absolute Gasteiger partial charge is 0.326 e. The van der Waals surface area contributed by atoms with Crippen molar-refractivity contribution in [2.75, 3.05) is 18.9 Å². The molecule has 0 aromatic heterocycles. The Kier molecular flexibility index (Phi) is 8.54. The minimum atomic E-state index is -0.259. The molecule has 2 aromatic carbocycles. The van der Waals surface area contributed by atoms with Crippen LogP contribution in [0.3, 0.4) is 0 Å². The summed E-state index contributed by atoms with van der Waals surface area (Å²) in [6.07, 6.45) is 0.771. The van der Waals surface area contributed by atoms with Crippen LogP contribution in [0.1, 0.15) is 69.6 Å². The molecule has 0 spiro atoms. The van der Waals surface area contributed by atoms with Crippen LogP contribution in [-0.2, 0) is 11.3 Å². The number of carbonyl (C=O) groups excluding carboxylic acids is 1. The van der Waals surface area contributed by atoms with Crippen molar-refractivity contribution in [1.29, 1.82) is 0 Å². The monoisotopic (exact) mass is 416 g/mol. The summed E-state index contributed by atoms with van der Waals surface area (Å²) in [5.74, 6) is -0.0437. The number of benzene rings is 2. The molecule has 2 rings (SSSR count). The number of rotatable bonds is 9. The van der Waals surface area contributed by atoms with E-state index in [0.29, 0.717) is 23.7 Å². The van der Waals surface area contributed by atoms with Crippen LogP contribution < -0.4 is 5.32 Å². The molecule has 0 aliphatic rings. The summed E-state index contributed by atoms with van der Waals surface area (Å²) >= 11 is 0. The van der Waals surface area contributed by atoms with Gasteiger partial charge in [-0.05, 0) is 78.7 Å². The van der Waals surface area contributed by atoms with Crippen molar-refractivity contribution in [3.63, 3.8) is 0 Å². The van der Waals surface area contributed by atoms with Crippen molar-refractivity contribution >= 4 is 11.6 Å². The van der Waals surface area contributed by atoms with Crippen molar-refractivity contribution in [2.24, 2.45) is 5.92 Å². The molecule has 0 heterocycles. The summed E-state index contributed by atoms with van der Waals surface area (Å²) < 4.78 is 28.5. The first-order chi connectivity index (χ1) is 14.1. The molecule has 5 heteroatoms. The van der Waals surface area contributed by atoms with E-state index in [1.165, 1.54) is 13.0 Å². The van der Waals surface area contributed by atoms with Crippen molar-refractivity contribution in [1.82, 2.24) is 4.90 Å². The fourth-order valence-electron chi connectivity index (χ4n) is 3.56. The van der Waals surface area contributed by atoms with Crippen LogP contribution in [0, 0.1) is 17.6 Å². The molecule has 2 unspecified atom stereocenters. The number of hydrogen-bond acceptors (Lipinski definition) is 2. The Morgan fingerprint density at radius 1 is 1.00 bits per heavy atom. The number of nitrogens with one attached hydrogen (secondary N) is 1. The molecule has 1 N–H and O–H groups in total. The second-order valence-corrected chi connectivity index (χ2v) is 8.73. The van der Waals surface area contributed by atoms with Crippen LogP contribution >= 0.6 is 0 Å². The van der Waals surface area contributed by atoms with Gasteiger partial charge in [0.15, 0.2) is 0 Å². The average molecular weight is 417 g/mol. The van der Waals surface area contributed by atoms with E-state index in [0.717, 1.165) is 24.1 Å². The van der Waals surface area contributed by atoms with E-state index in [1.807, 2.05) is 26.1 Å². The van der Waals surface area contributed by atoms with Crippen molar-refractivity contribution < 1.29 is 13.6 Å². The maximum absolute atomic E-state index is 14.3. The zero-order valence-corrected chi connectivity index (χ0v) is 18.9. The lowest BCUT2D eigenvalue weighted by molar-refractivity contribution is -0.114. The predicted octanol–water partition coefficient (Wildman–Crippen LogP) is 6.31. The number of nitrogens with zero attached hydrogens (tertiary/aromatic N) is 1. The Hall–Kier alpha value is -2.27. The summed E-state index contributed by atoms with van der Waals surface area (Å²) in [6.45, 7) is 11.2. The first-order valence-electron chi connectivity index (χ1n) is 10.6. The maximum Gasteiger partial charge on any atom is 0.221 e. The molecule has 0 bridgehead atoms. The summed E-state index contributed by atoms with van der Waals surface area (Å²) in [7, 11) is 2.02. The summed E-state index contributed by atoms with van der Waals surface area (Å²) in [5.41, 5.74) is 3.05. The Bertz CT molecular complexity index is 866. The van der Waals surface area contributed by atoms with Gasteiger partial charge in [-0.1, -0.05) is 39.8 Å². The second-order valence-electron chi connectivity index (χ2n) is 8.73. The third kappa shape index (κ3) is 6.63. The summed E-state index contributed by atoms with van der Waals surface area (Å²) in [5, 5.41) is 2.70. The minimum absolute atomic E-state index is 0.00546. The fraction of sp³-hybridized carbons (Fsp3) is 0.480. The fourth-order valence-corrected chi connectivity index (χ4v) is 3.56. The number of halogens is 2. The van der Waals surface area contributed by atoms with Gasteiger partial charge in [0.25, 0.3) is 0 Å². The molecule has 0 aliphatic heterocycles. The molecule has 0 fully saturated rings. The third-order valence-corrected chi connectivity index (χ3v) is 5.79. The predicted molar refractivity (Wildman–Crippen MR) is 120 cm³/mol. The number of anilines is 1. The van der Waals surface area contributed by atoms with Crippen LogP contribution in [0.25, 0.3) is 0 Å². The molecule has 164 valence electrons. The first-order valence-corrected chi connectivity index (χ1v) is 10.6. The van der Waals surface area contributed by atoms with Gasteiger partial charge >= 0.3 is 0 Å². The molecule has 0 saturated heterocycles. The molecule has 0 saturated carbocycles. The van der Waals surface area contributed by atoms with E-state index >= 15 is 0 Å². The lowest BCUT2D eigenvalue weighted by Gasteiger charge is -2.22. The molecule has 3 nitrogen and oxygen atoms in total. The molecule has 2 aromatic rings. The summed E-state index contributed by atoms with van der Waals surface area (Å²) in [4.78, 5) is 13.4. The van der Waals surface area contributed by atoms with Gasteiger partial charge in [0.2, 0.25) is 5.91 Å². The highest BCUT2D eigenvalue weighted by atomic mass is 19.1. The SMILES string of the molecule is CC(=O)Nc1ccc(F)c(C(C)CCN(C)Cc2ccc(F)c(C(C)C(C)C)c2)c1. The van der Waals surface area contributed by atoms with E-state index in [4.69, 9.17) is 0 Å². The zero-order valence-electron chi connectivity index (χ0n) is 18.9. The lowest BCUT2D eigenvalue weighted by Crippen LogP contribution is -2.21. The van der Waals surface area contributed by atoms with Crippen LogP contribution in [-0.4, -0.2) is 24.4 Å². The Morgan fingerprint density at radius 2 is 1.63 bits per heavy atom. The number of carbonyl (C=O) groups is 1. The van der Waals surface area contributed by atoms with E-state index in [-0.39, 0.29) is 29.4 Å². The standard InChI is InChI=1S/C25H34F2N2O/c1-16(2)18(4)23-13-20(7-9-25(23)27)15-29(6)12-11-17(3)22-14-21(28-19(5)30)8-10-24(22)26/h7-10,13-14,16-18H,11-12,15H2,1-6H3,(H,28,30). The molecular formula is C25H34F2N2O. The van der Waals surface area contributed by atoms with Gasteiger partial charge in [0, 0.05) is 19.2 Å². The van der Waals surface area contributed by atoms with Crippen LogP contribution in [0.4, 0.5) is 14.5 Å². The highest BCUT2D eigenvalue weighted by molar-refractivity contribution is 5.88. The van der Waals surface area contributed by atoms with Gasteiger partial charge in [-0.25, -0.2) is 8.78 Å². The average Bonchev–Trinajstić information content (AvgIpc) is 2.68. The van der Waals surface area contributed by atoms with Gasteiger partial charge in [-0.3, -0.25) is 4.79 Å². The molecule has 2 atom stereocenters. The van der Waals surface area contributed by atoms with Crippen LogP contribution in [0.5, 0.6) is 0 Å². The normalized spacial score (nSPS) is 13.5. The Morgan fingerprint density at radius 3 is 2.27 bits per heavy atom. The number of amides is 1. The van der Waals surface area contributed by atoms with E-state index in [9.17, 15) is 13.6 Å². The van der Waals surface area contributed by atoms with E-state index < -0.39 is 0 Å². The molecule has 0 aliphatic carbocycles. The first kappa shape index (κ1) is 24.0. The topological polar surface area (TPSA) is 32.3 Å². The van der Waals surface area contributed by atoms with Crippen molar-refractivity contribution in [2.45, 2.75) is 59.4 Å². The van der Waals surface area contributed by atoms with E-state index in [1.54, 1.807) is 18.2 Å². The number of hydrogen-bond donors (Lipinski definition) is 1. The zero-order chi connectivity index (χ0) is 22.4. The van der Waals surface area contributed by atoms with Gasteiger partial charge < -0.3 is 10.2 Å². The van der Waals surface area contributed by atoms with Crippen molar-refractivity contribution in [3.05, 3.63) is 64.7 Å². The smallest absolute Gasteiger partial charge is 0.221 e. The minimum Gasteiger partial charge on any atom is -0.326 e.